The van der Waals surface area contributed by atoms with E-state index in [2.05, 4.69) is 78.5 Å². The third-order valence-electron chi connectivity index (χ3n) is 6.79. The first-order valence-corrected chi connectivity index (χ1v) is 11.6. The van der Waals surface area contributed by atoms with Crippen molar-refractivity contribution in [2.75, 3.05) is 0 Å². The Morgan fingerprint density at radius 3 is 1.54 bits per heavy atom. The van der Waals surface area contributed by atoms with Gasteiger partial charge in [0.1, 0.15) is 0 Å². The molecule has 0 aromatic rings. The zero-order valence-electron chi connectivity index (χ0n) is 19.5. The van der Waals surface area contributed by atoms with Crippen molar-refractivity contribution in [3.05, 3.63) is 20.3 Å². The van der Waals surface area contributed by atoms with Crippen LogP contribution in [0.2, 0.25) is 0 Å². The minimum atomic E-state index is 0. The molecule has 0 bridgehead atoms. The van der Waals surface area contributed by atoms with E-state index in [4.69, 9.17) is 0 Å². The largest absolute Gasteiger partial charge is 0.358 e. The molecule has 0 aromatic heterocycles. The van der Waals surface area contributed by atoms with E-state index in [1.807, 2.05) is 0 Å². The number of hydrogen-bond donors (Lipinski definition) is 0. The summed E-state index contributed by atoms with van der Waals surface area (Å²) in [5.74, 6) is 5.28. The second kappa shape index (κ2) is 14.5. The van der Waals surface area contributed by atoms with Crippen molar-refractivity contribution in [1.82, 2.24) is 0 Å². The van der Waals surface area contributed by atoms with E-state index in [1.54, 1.807) is 20.9 Å². The van der Waals surface area contributed by atoms with Gasteiger partial charge in [0.05, 0.1) is 0 Å². The maximum absolute atomic E-state index is 4.19. The first kappa shape index (κ1) is 28.7. The molecule has 2 rings (SSSR count). The van der Waals surface area contributed by atoms with Gasteiger partial charge in [-0.2, -0.15) is 24.7 Å². The van der Waals surface area contributed by atoms with Crippen LogP contribution in [0.25, 0.3) is 0 Å². The van der Waals surface area contributed by atoms with E-state index in [0.717, 1.165) is 41.9 Å². The van der Waals surface area contributed by atoms with Gasteiger partial charge in [-0.15, -0.1) is 0 Å². The van der Waals surface area contributed by atoms with Crippen molar-refractivity contribution in [3.63, 3.8) is 0 Å². The summed E-state index contributed by atoms with van der Waals surface area (Å²) in [6.45, 7) is 20.6. The molecule has 4 unspecified atom stereocenters. The van der Waals surface area contributed by atoms with Crippen LogP contribution in [0, 0.1) is 55.8 Å². The standard InChI is InChI=1S/C11H21.C7H13.C5H11N.CH3.Nb/c1-7-6-8(2)10(4)11(5)9(7)3;1-7-5-3-2-4-6-7;1-4-5(2,3)6;;/h6-11H,1-5H3;2,7H,3-6H2,1H3;4H2,1-3H3;1H3;/q2*-1;;-1;. The Kier molecular flexibility index (Phi) is 16.1. The van der Waals surface area contributed by atoms with Crippen LogP contribution in [0.15, 0.2) is 3.34 Å². The van der Waals surface area contributed by atoms with Crippen molar-refractivity contribution in [2.24, 2.45) is 38.8 Å². The summed E-state index contributed by atoms with van der Waals surface area (Å²) in [5.41, 5.74) is 0.231. The van der Waals surface area contributed by atoms with Crippen molar-refractivity contribution in [1.29, 1.82) is 0 Å². The molecule has 0 N–H and O–H groups in total. The molecule has 1 nitrogen and oxygen atoms in total. The van der Waals surface area contributed by atoms with Crippen LogP contribution in [0.4, 0.5) is 0 Å². The van der Waals surface area contributed by atoms with Crippen LogP contribution in [-0.4, -0.2) is 5.54 Å². The van der Waals surface area contributed by atoms with Gasteiger partial charge in [-0.25, -0.2) is 0 Å². The topological polar surface area (TPSA) is 12.4 Å². The summed E-state index contributed by atoms with van der Waals surface area (Å²) in [6, 6.07) is 0. The fraction of sp³-hybridized carbons (Fsp3) is 0.875. The number of rotatable bonds is 2. The second-order valence-electron chi connectivity index (χ2n) is 9.30. The maximum atomic E-state index is 4.19. The molecule has 0 aliphatic heterocycles. The molecular formula is C24H48NNb-3. The van der Waals surface area contributed by atoms with E-state index in [-0.39, 0.29) is 13.0 Å². The molecule has 2 saturated carbocycles. The summed E-state index contributed by atoms with van der Waals surface area (Å²) in [7, 11) is 0. The average molecular weight is 444 g/mol. The zero-order valence-corrected chi connectivity index (χ0v) is 21.7. The van der Waals surface area contributed by atoms with E-state index in [9.17, 15) is 0 Å². The summed E-state index contributed by atoms with van der Waals surface area (Å²) in [4.78, 5) is 0. The van der Waals surface area contributed by atoms with Gasteiger partial charge >= 0.3 is 57.0 Å². The van der Waals surface area contributed by atoms with Crippen LogP contribution in [0.1, 0.15) is 94.4 Å². The second-order valence-corrected chi connectivity index (χ2v) is 9.79. The van der Waals surface area contributed by atoms with E-state index in [1.165, 1.54) is 25.7 Å². The molecule has 0 heterocycles. The normalized spacial score (nSPS) is 32.1. The molecule has 26 heavy (non-hydrogen) atoms. The minimum absolute atomic E-state index is 0. The third-order valence-corrected chi connectivity index (χ3v) is 8.12. The maximum Gasteiger partial charge on any atom is -0.358 e. The van der Waals surface area contributed by atoms with Gasteiger partial charge < -0.3 is 20.3 Å². The van der Waals surface area contributed by atoms with Gasteiger partial charge in [0.2, 0.25) is 0 Å². The average Bonchev–Trinajstić information content (AvgIpc) is 2.60. The zero-order chi connectivity index (χ0) is 19.6. The van der Waals surface area contributed by atoms with Crippen LogP contribution < -0.4 is 0 Å². The molecule has 4 atom stereocenters. The van der Waals surface area contributed by atoms with Crippen molar-refractivity contribution >= 4 is 0 Å². The summed E-state index contributed by atoms with van der Waals surface area (Å²) in [6.07, 6.45) is 11.7. The molecule has 0 radical (unpaired) electrons. The molecule has 2 aliphatic carbocycles. The Labute approximate surface area is 179 Å². The van der Waals surface area contributed by atoms with Crippen molar-refractivity contribution < 1.29 is 20.9 Å². The van der Waals surface area contributed by atoms with Gasteiger partial charge in [0, 0.05) is 0 Å². The molecular weight excluding hydrogens is 395 g/mol. The predicted molar refractivity (Wildman–Crippen MR) is 115 cm³/mol. The molecule has 2 heteroatoms. The van der Waals surface area contributed by atoms with Crippen LogP contribution in [0.5, 0.6) is 0 Å². The molecule has 0 aromatic carbocycles. The summed E-state index contributed by atoms with van der Waals surface area (Å²) < 4.78 is 4.19. The van der Waals surface area contributed by atoms with E-state index >= 15 is 0 Å². The first-order chi connectivity index (χ1) is 11.6. The monoisotopic (exact) mass is 443 g/mol. The van der Waals surface area contributed by atoms with Gasteiger partial charge in [0.15, 0.2) is 0 Å². The Morgan fingerprint density at radius 1 is 0.885 bits per heavy atom. The Balaban J connectivity index is 0. The number of nitrogens with zero attached hydrogens (tertiary/aromatic N) is 1. The molecule has 2 fully saturated rings. The third kappa shape index (κ3) is 11.4. The summed E-state index contributed by atoms with van der Waals surface area (Å²) >= 11 is 1.55. The molecule has 0 saturated heterocycles. The van der Waals surface area contributed by atoms with Gasteiger partial charge in [-0.1, -0.05) is 66.2 Å². The van der Waals surface area contributed by atoms with Gasteiger partial charge in [-0.3, -0.25) is 0 Å². The Morgan fingerprint density at radius 2 is 1.31 bits per heavy atom. The van der Waals surface area contributed by atoms with Gasteiger partial charge in [0.25, 0.3) is 0 Å². The predicted octanol–water partition coefficient (Wildman–Crippen LogP) is 8.14. The molecule has 0 spiro atoms. The molecule has 2 aliphatic rings. The van der Waals surface area contributed by atoms with Crippen molar-refractivity contribution in [2.45, 2.75) is 100.0 Å². The van der Waals surface area contributed by atoms with Gasteiger partial charge in [-0.05, 0) is 11.8 Å². The summed E-state index contributed by atoms with van der Waals surface area (Å²) in [5, 5.41) is 0. The molecule has 157 valence electrons. The SMILES string of the molecule is CC1CC[CH-]CC1.CC1[CH-]C(C)C(C)C(C)C1C.CCC(C)(C)[N]=[Nb].[CH3-]. The smallest absolute Gasteiger partial charge is 0.358 e. The Hall–Kier alpha value is 0.540. The number of hydrogen-bond acceptors (Lipinski definition) is 1. The van der Waals surface area contributed by atoms with Crippen LogP contribution >= 0.6 is 0 Å². The van der Waals surface area contributed by atoms with E-state index in [0.29, 0.717) is 0 Å². The fourth-order valence-electron chi connectivity index (χ4n) is 3.43. The minimum Gasteiger partial charge on any atom is -0.358 e. The Bertz CT molecular complexity index is 332. The van der Waals surface area contributed by atoms with Crippen LogP contribution in [0.3, 0.4) is 0 Å². The van der Waals surface area contributed by atoms with E-state index < -0.39 is 0 Å². The fourth-order valence-corrected chi connectivity index (χ4v) is 3.78. The van der Waals surface area contributed by atoms with Crippen LogP contribution in [-0.2, 0) is 20.9 Å². The first-order valence-electron chi connectivity index (χ1n) is 10.6. The van der Waals surface area contributed by atoms with Crippen molar-refractivity contribution in [3.8, 4) is 0 Å². The quantitative estimate of drug-likeness (QED) is 0.302. The molecule has 0 amide bonds.